The van der Waals surface area contributed by atoms with Gasteiger partial charge < -0.3 is 0 Å². The van der Waals surface area contributed by atoms with Crippen molar-refractivity contribution in [3.05, 3.63) is 234 Å². The normalized spacial score (nSPS) is 12.3. The highest BCUT2D eigenvalue weighted by molar-refractivity contribution is 6.01. The van der Waals surface area contributed by atoms with E-state index >= 15 is 0 Å². The molecular weight excluding hydrogens is 693 g/mol. The maximum absolute atomic E-state index is 9.63. The molecule has 4 nitrogen and oxygen atoms in total. The maximum atomic E-state index is 9.63. The minimum Gasteiger partial charge on any atom is -0.208 e. The number of benzene rings is 8. The van der Waals surface area contributed by atoms with E-state index in [0.29, 0.717) is 23.0 Å². The van der Waals surface area contributed by atoms with Gasteiger partial charge in [0, 0.05) is 16.7 Å². The molecule has 0 spiro atoms. The van der Waals surface area contributed by atoms with E-state index in [4.69, 9.17) is 15.0 Å². The van der Waals surface area contributed by atoms with Gasteiger partial charge in [0.25, 0.3) is 0 Å². The average Bonchev–Trinajstić information content (AvgIpc) is 3.62. The van der Waals surface area contributed by atoms with Crippen molar-refractivity contribution in [2.45, 2.75) is 5.41 Å². The molecule has 9 aromatic rings. The molecule has 0 bridgehead atoms. The Balaban J connectivity index is 1.19. The van der Waals surface area contributed by atoms with Gasteiger partial charge in [-0.05, 0) is 67.8 Å². The summed E-state index contributed by atoms with van der Waals surface area (Å²) in [6.07, 6.45) is 0. The maximum Gasteiger partial charge on any atom is 0.164 e. The average molecular weight is 727 g/mol. The molecule has 1 aliphatic carbocycles. The van der Waals surface area contributed by atoms with Crippen molar-refractivity contribution in [3.8, 4) is 73.6 Å². The zero-order chi connectivity index (χ0) is 38.2. The second-order valence-electron chi connectivity index (χ2n) is 14.2. The fraction of sp³-hybridized carbons (Fsp3) is 0.0189. The number of hydrogen-bond donors (Lipinski definition) is 0. The summed E-state index contributed by atoms with van der Waals surface area (Å²) in [7, 11) is 0. The summed E-state index contributed by atoms with van der Waals surface area (Å²) in [5, 5.41) is 9.63. The molecule has 0 unspecified atom stereocenters. The van der Waals surface area contributed by atoms with Crippen molar-refractivity contribution in [2.75, 3.05) is 0 Å². The predicted octanol–water partition coefficient (Wildman–Crippen LogP) is 12.4. The van der Waals surface area contributed by atoms with Crippen molar-refractivity contribution in [1.82, 2.24) is 15.0 Å². The highest BCUT2D eigenvalue weighted by atomic mass is 15.0. The highest BCUT2D eigenvalue weighted by Crippen LogP contribution is 2.60. The highest BCUT2D eigenvalue weighted by Gasteiger charge is 2.47. The van der Waals surface area contributed by atoms with Crippen molar-refractivity contribution < 1.29 is 0 Å². The van der Waals surface area contributed by atoms with Gasteiger partial charge in [-0.2, -0.15) is 5.26 Å². The largest absolute Gasteiger partial charge is 0.208 e. The number of nitriles is 1. The van der Waals surface area contributed by atoms with Crippen LogP contribution in [-0.4, -0.2) is 15.0 Å². The third kappa shape index (κ3) is 5.73. The first-order chi connectivity index (χ1) is 28.2. The third-order valence-electron chi connectivity index (χ3n) is 11.1. The van der Waals surface area contributed by atoms with Gasteiger partial charge in [-0.25, -0.2) is 15.0 Å². The Morgan fingerprint density at radius 1 is 0.333 bits per heavy atom. The molecule has 10 rings (SSSR count). The lowest BCUT2D eigenvalue weighted by Crippen LogP contribution is -2.28. The quantitative estimate of drug-likeness (QED) is 0.164. The lowest BCUT2D eigenvalue weighted by atomic mass is 9.67. The Hall–Kier alpha value is -7.74. The molecule has 266 valence electrons. The standard InChI is InChI=1S/C53H34N4/c54-35-36-27-29-37(30-28-36)44-23-13-25-46-48(44)49-45(24-14-26-47(49)53(46,42-19-9-3-10-20-42)43-21-11-4-12-22-43)38-31-33-41(34-32-38)52-56-50(39-15-5-1-6-16-39)55-51(57-52)40-17-7-2-8-18-40/h1-34H. The van der Waals surface area contributed by atoms with Crippen molar-refractivity contribution in [3.63, 3.8) is 0 Å². The van der Waals surface area contributed by atoms with Gasteiger partial charge in [0.2, 0.25) is 0 Å². The topological polar surface area (TPSA) is 62.5 Å². The molecule has 0 saturated heterocycles. The number of rotatable bonds is 7. The van der Waals surface area contributed by atoms with Crippen molar-refractivity contribution >= 4 is 0 Å². The summed E-state index contributed by atoms with van der Waals surface area (Å²) in [4.78, 5) is 14.9. The van der Waals surface area contributed by atoms with E-state index in [-0.39, 0.29) is 0 Å². The Labute approximate surface area is 332 Å². The number of aromatic nitrogens is 3. The molecule has 0 radical (unpaired) electrons. The van der Waals surface area contributed by atoms with Crippen molar-refractivity contribution in [1.29, 1.82) is 5.26 Å². The first kappa shape index (κ1) is 33.8. The first-order valence-electron chi connectivity index (χ1n) is 19.1. The molecule has 0 aliphatic heterocycles. The van der Waals surface area contributed by atoms with Gasteiger partial charge >= 0.3 is 0 Å². The summed E-state index contributed by atoms with van der Waals surface area (Å²) < 4.78 is 0. The SMILES string of the molecule is N#Cc1ccc(-c2cccc3c2-c2c(-c4ccc(-c5nc(-c6ccccc6)nc(-c6ccccc6)n5)cc4)cccc2C3(c2ccccc2)c2ccccc2)cc1. The molecule has 0 amide bonds. The molecule has 1 heterocycles. The predicted molar refractivity (Wildman–Crippen MR) is 229 cm³/mol. The molecule has 0 fully saturated rings. The minimum absolute atomic E-state index is 0.571. The van der Waals surface area contributed by atoms with E-state index in [2.05, 4.69) is 140 Å². The van der Waals surface area contributed by atoms with Crippen LogP contribution in [0.25, 0.3) is 67.5 Å². The summed E-state index contributed by atoms with van der Waals surface area (Å²) in [5.41, 5.74) is 14.5. The van der Waals surface area contributed by atoms with Gasteiger partial charge in [-0.3, -0.25) is 0 Å². The van der Waals surface area contributed by atoms with E-state index < -0.39 is 5.41 Å². The molecule has 8 aromatic carbocycles. The van der Waals surface area contributed by atoms with E-state index in [9.17, 15) is 5.26 Å². The van der Waals surface area contributed by atoms with Crippen LogP contribution in [0.4, 0.5) is 0 Å². The van der Waals surface area contributed by atoms with Crippen LogP contribution in [0.3, 0.4) is 0 Å². The summed E-state index contributed by atoms with van der Waals surface area (Å²) in [6, 6.07) is 74.1. The van der Waals surface area contributed by atoms with E-state index in [1.54, 1.807) is 0 Å². The Morgan fingerprint density at radius 2 is 0.684 bits per heavy atom. The van der Waals surface area contributed by atoms with Gasteiger partial charge in [0.1, 0.15) is 0 Å². The van der Waals surface area contributed by atoms with E-state index in [1.807, 2.05) is 72.8 Å². The lowest BCUT2D eigenvalue weighted by Gasteiger charge is -2.34. The minimum atomic E-state index is -0.571. The smallest absolute Gasteiger partial charge is 0.164 e. The molecule has 1 aromatic heterocycles. The van der Waals surface area contributed by atoms with Crippen LogP contribution in [0.5, 0.6) is 0 Å². The van der Waals surface area contributed by atoms with Crippen LogP contribution in [0.1, 0.15) is 27.8 Å². The Bertz CT molecular complexity index is 2820. The van der Waals surface area contributed by atoms with Gasteiger partial charge in [-0.15, -0.1) is 0 Å². The number of hydrogen-bond acceptors (Lipinski definition) is 4. The second kappa shape index (κ2) is 14.2. The summed E-state index contributed by atoms with van der Waals surface area (Å²) in [6.45, 7) is 0. The second-order valence-corrected chi connectivity index (χ2v) is 14.2. The zero-order valence-corrected chi connectivity index (χ0v) is 30.9. The van der Waals surface area contributed by atoms with Crippen molar-refractivity contribution in [2.24, 2.45) is 0 Å². The molecule has 0 N–H and O–H groups in total. The molecule has 1 aliphatic rings. The first-order valence-corrected chi connectivity index (χ1v) is 19.1. The van der Waals surface area contributed by atoms with Crippen LogP contribution in [0.2, 0.25) is 0 Å². The number of fused-ring (bicyclic) bond motifs is 3. The molecular formula is C53H34N4. The van der Waals surface area contributed by atoms with Crippen LogP contribution in [0, 0.1) is 11.3 Å². The fourth-order valence-electron chi connectivity index (χ4n) is 8.52. The van der Waals surface area contributed by atoms with Gasteiger partial charge in [0.05, 0.1) is 17.0 Å². The van der Waals surface area contributed by atoms with Gasteiger partial charge in [0.15, 0.2) is 17.5 Å². The zero-order valence-electron chi connectivity index (χ0n) is 30.9. The summed E-state index contributed by atoms with van der Waals surface area (Å²) >= 11 is 0. The fourth-order valence-corrected chi connectivity index (χ4v) is 8.52. The Morgan fingerprint density at radius 3 is 1.09 bits per heavy atom. The van der Waals surface area contributed by atoms with E-state index in [0.717, 1.165) is 38.9 Å². The van der Waals surface area contributed by atoms with Crippen LogP contribution in [0.15, 0.2) is 206 Å². The third-order valence-corrected chi connectivity index (χ3v) is 11.1. The van der Waals surface area contributed by atoms with Gasteiger partial charge in [-0.1, -0.05) is 194 Å². The van der Waals surface area contributed by atoms with E-state index in [1.165, 1.54) is 33.4 Å². The molecule has 0 atom stereocenters. The lowest BCUT2D eigenvalue weighted by molar-refractivity contribution is 0.769. The summed E-state index contributed by atoms with van der Waals surface area (Å²) in [5.74, 6) is 1.89. The molecule has 4 heteroatoms. The Kier molecular flexibility index (Phi) is 8.39. The van der Waals surface area contributed by atoms with Crippen LogP contribution >= 0.6 is 0 Å². The number of nitrogens with zero attached hydrogens (tertiary/aromatic N) is 4. The molecule has 0 saturated carbocycles. The molecule has 57 heavy (non-hydrogen) atoms. The monoisotopic (exact) mass is 726 g/mol. The van der Waals surface area contributed by atoms with Crippen LogP contribution in [-0.2, 0) is 5.41 Å². The van der Waals surface area contributed by atoms with Crippen LogP contribution < -0.4 is 0 Å².